The minimum Gasteiger partial charge on any atom is -0.300 e. The Labute approximate surface area is 63.1 Å². The van der Waals surface area contributed by atoms with Crippen LogP contribution in [-0.4, -0.2) is 0 Å². The summed E-state index contributed by atoms with van der Waals surface area (Å²) in [6.45, 7) is 0. The fourth-order valence-corrected chi connectivity index (χ4v) is 1.81. The number of hydrogen-bond donors (Lipinski definition) is 0. The minimum atomic E-state index is 0.624. The van der Waals surface area contributed by atoms with Gasteiger partial charge in [0.1, 0.15) is 0 Å². The molecule has 0 fully saturated rings. The SMILES string of the molecule is [NH]c1cccc2sccc12. The molecule has 1 N–H and O–H groups in total. The number of benzene rings is 1. The van der Waals surface area contributed by atoms with Crippen molar-refractivity contribution in [3.63, 3.8) is 0 Å². The lowest BCUT2D eigenvalue weighted by atomic mass is 10.2. The van der Waals surface area contributed by atoms with E-state index in [2.05, 4.69) is 0 Å². The molecule has 0 saturated carbocycles. The summed E-state index contributed by atoms with van der Waals surface area (Å²) >= 11 is 1.68. The van der Waals surface area contributed by atoms with E-state index in [0.29, 0.717) is 5.69 Å². The molecule has 2 heteroatoms. The first kappa shape index (κ1) is 5.74. The average Bonchev–Trinajstić information content (AvgIpc) is 2.36. The predicted molar refractivity (Wildman–Crippen MR) is 44.6 cm³/mol. The maximum atomic E-state index is 7.49. The van der Waals surface area contributed by atoms with E-state index in [4.69, 9.17) is 5.73 Å². The Bertz CT molecular complexity index is 351. The summed E-state index contributed by atoms with van der Waals surface area (Å²) in [7, 11) is 0. The minimum absolute atomic E-state index is 0.624. The van der Waals surface area contributed by atoms with Crippen molar-refractivity contribution in [2.24, 2.45) is 0 Å². The van der Waals surface area contributed by atoms with Gasteiger partial charge in [-0.1, -0.05) is 6.07 Å². The van der Waals surface area contributed by atoms with Gasteiger partial charge in [-0.2, -0.15) is 0 Å². The highest BCUT2D eigenvalue weighted by Gasteiger charge is 1.95. The van der Waals surface area contributed by atoms with E-state index < -0.39 is 0 Å². The predicted octanol–water partition coefficient (Wildman–Crippen LogP) is 2.82. The van der Waals surface area contributed by atoms with Crippen molar-refractivity contribution in [2.45, 2.75) is 0 Å². The topological polar surface area (TPSA) is 23.8 Å². The zero-order chi connectivity index (χ0) is 6.97. The fraction of sp³-hybridized carbons (Fsp3) is 0. The van der Waals surface area contributed by atoms with E-state index in [-0.39, 0.29) is 0 Å². The molecule has 0 spiro atoms. The normalized spacial score (nSPS) is 10.4. The lowest BCUT2D eigenvalue weighted by molar-refractivity contribution is 1.54. The molecule has 0 bridgehead atoms. The average molecular weight is 148 g/mol. The molecule has 0 atom stereocenters. The van der Waals surface area contributed by atoms with Crippen LogP contribution in [0.25, 0.3) is 10.1 Å². The van der Waals surface area contributed by atoms with Crippen molar-refractivity contribution in [1.29, 1.82) is 0 Å². The van der Waals surface area contributed by atoms with Crippen LogP contribution in [0.15, 0.2) is 29.6 Å². The lowest BCUT2D eigenvalue weighted by Crippen LogP contribution is -1.67. The van der Waals surface area contributed by atoms with E-state index in [0.717, 1.165) is 5.39 Å². The number of nitrogens with one attached hydrogen (secondary N) is 1. The monoisotopic (exact) mass is 148 g/mol. The van der Waals surface area contributed by atoms with Crippen molar-refractivity contribution in [3.8, 4) is 0 Å². The zero-order valence-corrected chi connectivity index (χ0v) is 6.11. The Morgan fingerprint density at radius 1 is 1.20 bits per heavy atom. The molecule has 1 heterocycles. The Kier molecular flexibility index (Phi) is 1.14. The highest BCUT2D eigenvalue weighted by atomic mass is 32.1. The van der Waals surface area contributed by atoms with Gasteiger partial charge in [-0.3, -0.25) is 0 Å². The van der Waals surface area contributed by atoms with Crippen LogP contribution in [0, 0.1) is 0 Å². The molecule has 1 nitrogen and oxygen atoms in total. The van der Waals surface area contributed by atoms with Crippen molar-refractivity contribution < 1.29 is 0 Å². The van der Waals surface area contributed by atoms with Gasteiger partial charge >= 0.3 is 0 Å². The molecular formula is C8H6NS. The maximum absolute atomic E-state index is 7.49. The third-order valence-electron chi connectivity index (χ3n) is 1.50. The molecule has 49 valence electrons. The van der Waals surface area contributed by atoms with E-state index >= 15 is 0 Å². The molecule has 0 amide bonds. The van der Waals surface area contributed by atoms with Crippen molar-refractivity contribution in [2.75, 3.05) is 0 Å². The molecule has 0 aliphatic heterocycles. The molecule has 1 aromatic carbocycles. The van der Waals surface area contributed by atoms with Crippen LogP contribution < -0.4 is 5.73 Å². The second-order valence-corrected chi connectivity index (χ2v) is 3.09. The zero-order valence-electron chi connectivity index (χ0n) is 5.29. The second-order valence-electron chi connectivity index (χ2n) is 2.14. The van der Waals surface area contributed by atoms with Crippen LogP contribution in [0.3, 0.4) is 0 Å². The molecule has 2 aromatic rings. The molecule has 0 unspecified atom stereocenters. The Morgan fingerprint density at radius 2 is 2.10 bits per heavy atom. The molecule has 2 rings (SSSR count). The number of thiophene rings is 1. The van der Waals surface area contributed by atoms with Crippen LogP contribution in [0.5, 0.6) is 0 Å². The summed E-state index contributed by atoms with van der Waals surface area (Å²) in [4.78, 5) is 0. The highest BCUT2D eigenvalue weighted by Crippen LogP contribution is 2.25. The summed E-state index contributed by atoms with van der Waals surface area (Å²) in [5.74, 6) is 0. The molecule has 1 radical (unpaired) electrons. The van der Waals surface area contributed by atoms with Crippen LogP contribution in [-0.2, 0) is 0 Å². The summed E-state index contributed by atoms with van der Waals surface area (Å²) in [5.41, 5.74) is 8.11. The lowest BCUT2D eigenvalue weighted by Gasteiger charge is -1.90. The Balaban J connectivity index is 2.95. The van der Waals surface area contributed by atoms with Gasteiger partial charge in [0.05, 0.1) is 5.69 Å². The smallest absolute Gasteiger partial charge is 0.0626 e. The van der Waals surface area contributed by atoms with Gasteiger partial charge in [0.2, 0.25) is 0 Å². The van der Waals surface area contributed by atoms with Gasteiger partial charge in [0.25, 0.3) is 0 Å². The van der Waals surface area contributed by atoms with Gasteiger partial charge in [-0.05, 0) is 23.6 Å². The number of fused-ring (bicyclic) bond motifs is 1. The van der Waals surface area contributed by atoms with Gasteiger partial charge in [0, 0.05) is 10.1 Å². The van der Waals surface area contributed by atoms with Crippen LogP contribution in [0.2, 0.25) is 0 Å². The third kappa shape index (κ3) is 0.693. The first-order chi connectivity index (χ1) is 4.88. The van der Waals surface area contributed by atoms with Crippen molar-refractivity contribution in [3.05, 3.63) is 29.6 Å². The van der Waals surface area contributed by atoms with Crippen LogP contribution in [0.4, 0.5) is 5.69 Å². The number of hydrogen-bond acceptors (Lipinski definition) is 1. The summed E-state index contributed by atoms with van der Waals surface area (Å²) in [5, 5.41) is 3.08. The van der Waals surface area contributed by atoms with Crippen LogP contribution >= 0.6 is 11.3 Å². The Hall–Kier alpha value is -1.02. The molecule has 1 aromatic heterocycles. The van der Waals surface area contributed by atoms with E-state index in [1.165, 1.54) is 4.70 Å². The van der Waals surface area contributed by atoms with E-state index in [1.54, 1.807) is 11.3 Å². The van der Waals surface area contributed by atoms with Gasteiger partial charge in [-0.15, -0.1) is 11.3 Å². The quantitative estimate of drug-likeness (QED) is 0.548. The first-order valence-electron chi connectivity index (χ1n) is 3.06. The first-order valence-corrected chi connectivity index (χ1v) is 3.94. The standard InChI is InChI=1S/C8H6NS/c9-7-2-1-3-8-6(7)4-5-10-8/h1-5,9H. The van der Waals surface area contributed by atoms with Crippen molar-refractivity contribution >= 4 is 27.1 Å². The van der Waals surface area contributed by atoms with Crippen LogP contribution in [0.1, 0.15) is 0 Å². The van der Waals surface area contributed by atoms with Gasteiger partial charge < -0.3 is 5.73 Å². The van der Waals surface area contributed by atoms with Crippen molar-refractivity contribution in [1.82, 2.24) is 5.73 Å². The molecule has 0 saturated heterocycles. The summed E-state index contributed by atoms with van der Waals surface area (Å²) in [6.07, 6.45) is 0. The summed E-state index contributed by atoms with van der Waals surface area (Å²) in [6, 6.07) is 7.76. The second kappa shape index (κ2) is 1.99. The highest BCUT2D eigenvalue weighted by molar-refractivity contribution is 7.17. The molecular weight excluding hydrogens is 142 g/mol. The largest absolute Gasteiger partial charge is 0.300 e. The van der Waals surface area contributed by atoms with E-state index in [9.17, 15) is 0 Å². The van der Waals surface area contributed by atoms with Gasteiger partial charge in [0.15, 0.2) is 0 Å². The number of rotatable bonds is 0. The van der Waals surface area contributed by atoms with Gasteiger partial charge in [-0.25, -0.2) is 0 Å². The Morgan fingerprint density at radius 3 is 2.90 bits per heavy atom. The molecule has 0 aliphatic rings. The maximum Gasteiger partial charge on any atom is 0.0626 e. The van der Waals surface area contributed by atoms with E-state index in [1.807, 2.05) is 29.6 Å². The third-order valence-corrected chi connectivity index (χ3v) is 2.38. The summed E-state index contributed by atoms with van der Waals surface area (Å²) < 4.78 is 1.20. The molecule has 0 aliphatic carbocycles. The fourth-order valence-electron chi connectivity index (χ4n) is 0.994. The molecule has 10 heavy (non-hydrogen) atoms.